The Hall–Kier alpha value is -3.78. The van der Waals surface area contributed by atoms with Crippen molar-refractivity contribution in [3.63, 3.8) is 0 Å². The van der Waals surface area contributed by atoms with Gasteiger partial charge in [-0.05, 0) is 105 Å². The van der Waals surface area contributed by atoms with E-state index in [2.05, 4.69) is 5.32 Å². The van der Waals surface area contributed by atoms with Crippen molar-refractivity contribution >= 4 is 31.5 Å². The second-order valence-electron chi connectivity index (χ2n) is 15.2. The van der Waals surface area contributed by atoms with Crippen LogP contribution in [0.25, 0.3) is 0 Å². The van der Waals surface area contributed by atoms with E-state index in [1.165, 1.54) is 0 Å². The average Bonchev–Trinajstić information content (AvgIpc) is 3.14. The van der Waals surface area contributed by atoms with E-state index in [9.17, 15) is 24.6 Å². The van der Waals surface area contributed by atoms with E-state index < -0.39 is 32.1 Å². The molecule has 3 aromatic rings. The highest BCUT2D eigenvalue weighted by Crippen LogP contribution is 2.49. The smallest absolute Gasteiger partial charge is 0.249 e. The van der Waals surface area contributed by atoms with Crippen molar-refractivity contribution in [1.29, 1.82) is 0 Å². The molecule has 6 atom stereocenters. The third kappa shape index (κ3) is 8.18. The fourth-order valence-corrected chi connectivity index (χ4v) is 10.2. The Kier molecular flexibility index (Phi) is 12.3. The first-order valence-corrected chi connectivity index (χ1v) is 22.0. The first kappa shape index (κ1) is 38.9. The molecule has 4 N–H and O–H groups in total. The fraction of sp³-hybridized carbons (Fsp3) is 0.512. The molecule has 2 unspecified atom stereocenters. The molecule has 12 heteroatoms. The van der Waals surface area contributed by atoms with Gasteiger partial charge < -0.3 is 39.4 Å². The van der Waals surface area contributed by atoms with Crippen molar-refractivity contribution in [2.45, 2.75) is 95.4 Å². The molecule has 53 heavy (non-hydrogen) atoms. The maximum absolute atomic E-state index is 14.2. The Bertz CT molecular complexity index is 1770. The Morgan fingerprint density at radius 2 is 1.81 bits per heavy atom. The van der Waals surface area contributed by atoms with Gasteiger partial charge in [-0.2, -0.15) is 0 Å². The summed E-state index contributed by atoms with van der Waals surface area (Å²) >= 11 is 0. The summed E-state index contributed by atoms with van der Waals surface area (Å²) in [5.41, 5.74) is 5.01. The van der Waals surface area contributed by atoms with E-state index in [4.69, 9.17) is 14.2 Å². The molecule has 0 aromatic heterocycles. The number of amides is 2. The number of hydrogen-bond donors (Lipinski definition) is 4. The number of nitrogens with one attached hydrogen (secondary N) is 1. The van der Waals surface area contributed by atoms with Gasteiger partial charge in [0, 0.05) is 49.4 Å². The molecule has 3 aliphatic rings. The molecule has 0 saturated carbocycles. The lowest BCUT2D eigenvalue weighted by Crippen LogP contribution is -2.52. The number of ether oxygens (including phenoxy) is 3. The van der Waals surface area contributed by atoms with Crippen LogP contribution in [0.3, 0.4) is 0 Å². The molecule has 3 heterocycles. The van der Waals surface area contributed by atoms with Gasteiger partial charge in [0.15, 0.2) is 8.32 Å². The molecule has 0 radical (unpaired) electrons. The number of anilines is 2. The third-order valence-electron chi connectivity index (χ3n) is 11.2. The van der Waals surface area contributed by atoms with Crippen molar-refractivity contribution in [2.75, 3.05) is 38.4 Å². The molecule has 0 bridgehead atoms. The summed E-state index contributed by atoms with van der Waals surface area (Å²) in [6.45, 7) is 9.19. The van der Waals surface area contributed by atoms with Gasteiger partial charge in [0.1, 0.15) is 17.6 Å². The maximum atomic E-state index is 14.2. The minimum Gasteiger partial charge on any atom is -0.494 e. The monoisotopic (exact) mass is 745 g/mol. The Morgan fingerprint density at radius 1 is 1.04 bits per heavy atom. The van der Waals surface area contributed by atoms with Gasteiger partial charge in [0.25, 0.3) is 0 Å². The lowest BCUT2D eigenvalue weighted by molar-refractivity contribution is -0.136. The predicted octanol–water partition coefficient (Wildman–Crippen LogP) is 5.02. The number of methoxy groups -OCH3 is 1. The van der Waals surface area contributed by atoms with Crippen LogP contribution in [0.5, 0.6) is 11.5 Å². The van der Waals surface area contributed by atoms with Crippen molar-refractivity contribution in [3.05, 3.63) is 82.9 Å². The van der Waals surface area contributed by atoms with Gasteiger partial charge in [0.05, 0.1) is 37.1 Å². The summed E-state index contributed by atoms with van der Waals surface area (Å²) in [5.74, 6) is 0.913. The van der Waals surface area contributed by atoms with Gasteiger partial charge in [-0.25, -0.2) is 0 Å². The number of carbonyl (C=O) groups is 2. The van der Waals surface area contributed by atoms with Gasteiger partial charge in [-0.15, -0.1) is 0 Å². The standard InChI is InChI=1S/C41H55N3O8Si/c1-6-51-32-14-15-35-29(20-32)21-34(42-17-9-10-18-45)41(48)44(35)30-13-16-36-33(22-30)39(50-3)26(2)40(52-36)37(53(4,5)49)23-38(47)43-24-28-12-8-7-11-27(28)19-31(43)25-46/h7-8,11-16,20,22,26,31,34,37,39-40,42,45-46,49H,6,9-10,17-19,21,23-25H2,1-5H3/t26-,31-,34?,37?,39-,40-/m0/s1. The van der Waals surface area contributed by atoms with E-state index in [1.54, 1.807) is 16.9 Å². The molecular formula is C41H55N3O8Si. The van der Waals surface area contributed by atoms with E-state index in [-0.39, 0.29) is 43.4 Å². The molecule has 0 fully saturated rings. The number of hydrogen-bond acceptors (Lipinski definition) is 9. The van der Waals surface area contributed by atoms with Crippen LogP contribution in [-0.4, -0.2) is 91.7 Å². The SMILES string of the molecule is CCOc1ccc2c(c1)CC(NCCCCO)C(=O)N2c1ccc2c(c1)[C@@H](OC)[C@H](C)[C@@H](C(CC(=O)N1Cc3ccccc3C[C@H]1CO)[Si](C)(C)O)O2. The van der Waals surface area contributed by atoms with E-state index in [0.29, 0.717) is 50.4 Å². The zero-order valence-corrected chi connectivity index (χ0v) is 32.6. The second-order valence-corrected chi connectivity index (χ2v) is 19.2. The number of carbonyl (C=O) groups excluding carboxylic acids is 2. The van der Waals surface area contributed by atoms with Crippen LogP contribution >= 0.6 is 0 Å². The van der Waals surface area contributed by atoms with Crippen LogP contribution in [0.1, 0.15) is 61.5 Å². The van der Waals surface area contributed by atoms with Crippen LogP contribution in [0.15, 0.2) is 60.7 Å². The van der Waals surface area contributed by atoms with Crippen LogP contribution in [-0.2, 0) is 33.7 Å². The minimum atomic E-state index is -3.01. The zero-order valence-electron chi connectivity index (χ0n) is 31.6. The first-order chi connectivity index (χ1) is 25.5. The Balaban J connectivity index is 1.29. The molecule has 2 amide bonds. The van der Waals surface area contributed by atoms with E-state index in [0.717, 1.165) is 40.1 Å². The minimum absolute atomic E-state index is 0.0737. The number of rotatable bonds is 14. The van der Waals surface area contributed by atoms with Gasteiger partial charge in [-0.1, -0.05) is 31.2 Å². The summed E-state index contributed by atoms with van der Waals surface area (Å²) in [6.07, 6.45) is 1.65. The first-order valence-electron chi connectivity index (χ1n) is 19.0. The number of fused-ring (bicyclic) bond motifs is 3. The summed E-state index contributed by atoms with van der Waals surface area (Å²) in [7, 11) is -1.35. The normalized spacial score (nSPS) is 23.1. The van der Waals surface area contributed by atoms with Crippen molar-refractivity contribution in [3.8, 4) is 11.5 Å². The highest BCUT2D eigenvalue weighted by Gasteiger charge is 2.48. The quantitative estimate of drug-likeness (QED) is 0.132. The topological polar surface area (TPSA) is 141 Å². The zero-order chi connectivity index (χ0) is 37.9. The van der Waals surface area contributed by atoms with Crippen molar-refractivity contribution in [1.82, 2.24) is 10.2 Å². The van der Waals surface area contributed by atoms with Crippen molar-refractivity contribution in [2.24, 2.45) is 5.92 Å². The number of benzene rings is 3. The van der Waals surface area contributed by atoms with Gasteiger partial charge in [-0.3, -0.25) is 14.5 Å². The molecule has 0 spiro atoms. The molecule has 286 valence electrons. The van der Waals surface area contributed by atoms with Gasteiger partial charge >= 0.3 is 0 Å². The number of aliphatic hydroxyl groups excluding tert-OH is 2. The van der Waals surface area contributed by atoms with E-state index >= 15 is 0 Å². The van der Waals surface area contributed by atoms with Gasteiger partial charge in [0.2, 0.25) is 11.8 Å². The molecule has 6 rings (SSSR count). The van der Waals surface area contributed by atoms with Crippen LogP contribution in [0, 0.1) is 5.92 Å². The second kappa shape index (κ2) is 16.7. The summed E-state index contributed by atoms with van der Waals surface area (Å²) < 4.78 is 18.7. The number of unbranched alkanes of at least 4 members (excludes halogenated alkanes) is 1. The summed E-state index contributed by atoms with van der Waals surface area (Å²) in [4.78, 5) is 43.5. The highest BCUT2D eigenvalue weighted by molar-refractivity contribution is 6.71. The predicted molar refractivity (Wildman–Crippen MR) is 206 cm³/mol. The van der Waals surface area contributed by atoms with Crippen LogP contribution < -0.4 is 19.7 Å². The Labute approximate surface area is 314 Å². The van der Waals surface area contributed by atoms with Crippen LogP contribution in [0.4, 0.5) is 11.4 Å². The number of aliphatic hydroxyl groups is 2. The summed E-state index contributed by atoms with van der Waals surface area (Å²) in [6, 6.07) is 18.7. The highest BCUT2D eigenvalue weighted by atomic mass is 28.4. The maximum Gasteiger partial charge on any atom is 0.249 e. The molecule has 0 aliphatic carbocycles. The van der Waals surface area contributed by atoms with Crippen LogP contribution in [0.2, 0.25) is 18.6 Å². The molecule has 3 aromatic carbocycles. The molecule has 0 saturated heterocycles. The Morgan fingerprint density at radius 3 is 2.51 bits per heavy atom. The lowest BCUT2D eigenvalue weighted by Gasteiger charge is -2.45. The van der Waals surface area contributed by atoms with Crippen molar-refractivity contribution < 1.29 is 38.8 Å². The summed E-state index contributed by atoms with van der Waals surface area (Å²) in [5, 5.41) is 23.0. The fourth-order valence-electron chi connectivity index (χ4n) is 8.34. The molecule has 11 nitrogen and oxygen atoms in total. The largest absolute Gasteiger partial charge is 0.494 e. The molecule has 3 aliphatic heterocycles. The lowest BCUT2D eigenvalue weighted by atomic mass is 9.85. The average molecular weight is 746 g/mol. The third-order valence-corrected chi connectivity index (χ3v) is 13.5. The van der Waals surface area contributed by atoms with E-state index in [1.807, 2.05) is 87.6 Å². The molecular weight excluding hydrogens is 691 g/mol. The number of nitrogens with zero attached hydrogens (tertiary/aromatic N) is 2.